The summed E-state index contributed by atoms with van der Waals surface area (Å²) in [5, 5.41) is 16.3. The molecule has 1 heterocycles. The molecule has 0 radical (unpaired) electrons. The van der Waals surface area contributed by atoms with Gasteiger partial charge in [0.1, 0.15) is 5.75 Å². The third-order valence-corrected chi connectivity index (χ3v) is 2.72. The van der Waals surface area contributed by atoms with E-state index in [9.17, 15) is 4.79 Å². The monoisotopic (exact) mass is 312 g/mol. The third kappa shape index (κ3) is 2.86. The van der Waals surface area contributed by atoms with Gasteiger partial charge in [0, 0.05) is 6.92 Å². The Bertz CT molecular complexity index is 582. The molecule has 0 aliphatic carbocycles. The molecule has 18 heavy (non-hydrogen) atoms. The van der Waals surface area contributed by atoms with Crippen LogP contribution in [0.2, 0.25) is 0 Å². The van der Waals surface area contributed by atoms with Crippen LogP contribution in [0.5, 0.6) is 5.75 Å². The first-order chi connectivity index (χ1) is 8.56. The summed E-state index contributed by atoms with van der Waals surface area (Å²) in [6.45, 7) is 1.82. The Balaban J connectivity index is 2.08. The number of benzene rings is 1. The number of aromatic nitrogens is 2. The van der Waals surface area contributed by atoms with Gasteiger partial charge in [0.2, 0.25) is 5.89 Å². The highest BCUT2D eigenvalue weighted by Crippen LogP contribution is 2.26. The molecule has 94 valence electrons. The molecule has 0 aliphatic rings. The molecule has 2 rings (SSSR count). The van der Waals surface area contributed by atoms with Gasteiger partial charge in [-0.2, -0.15) is 0 Å². The molecule has 0 saturated heterocycles. The molecule has 0 unspecified atom stereocenters. The summed E-state index contributed by atoms with van der Waals surface area (Å²) in [6.07, 6.45) is 0. The van der Waals surface area contributed by atoms with Crippen LogP contribution in [0.15, 0.2) is 27.1 Å². The second kappa shape index (κ2) is 5.18. The number of aromatic carboxylic acids is 1. The molecule has 0 amide bonds. The minimum absolute atomic E-state index is 0.131. The molecule has 1 aromatic carbocycles. The maximum absolute atomic E-state index is 10.8. The van der Waals surface area contributed by atoms with Gasteiger partial charge in [-0.05, 0) is 34.1 Å². The molecule has 2 aromatic rings. The first-order valence-corrected chi connectivity index (χ1v) is 5.80. The van der Waals surface area contributed by atoms with E-state index in [1.165, 1.54) is 12.1 Å². The van der Waals surface area contributed by atoms with Crippen molar-refractivity contribution < 1.29 is 19.1 Å². The number of hydrogen-bond donors (Lipinski definition) is 1. The van der Waals surface area contributed by atoms with E-state index < -0.39 is 5.97 Å². The fourth-order valence-corrected chi connectivity index (χ4v) is 1.78. The summed E-state index contributed by atoms with van der Waals surface area (Å²) in [5.74, 6) is 0.348. The topological polar surface area (TPSA) is 85.5 Å². The average Bonchev–Trinajstić information content (AvgIpc) is 2.73. The lowest BCUT2D eigenvalue weighted by molar-refractivity contribution is 0.0696. The van der Waals surface area contributed by atoms with Crippen LogP contribution < -0.4 is 4.74 Å². The van der Waals surface area contributed by atoms with E-state index in [0.717, 1.165) is 0 Å². The number of nitrogens with zero attached hydrogens (tertiary/aromatic N) is 2. The van der Waals surface area contributed by atoms with Gasteiger partial charge < -0.3 is 14.3 Å². The molecule has 0 saturated carbocycles. The number of aryl methyl sites for hydroxylation is 1. The molecular weight excluding hydrogens is 304 g/mol. The van der Waals surface area contributed by atoms with Gasteiger partial charge in [-0.15, -0.1) is 10.2 Å². The highest BCUT2D eigenvalue weighted by molar-refractivity contribution is 9.10. The van der Waals surface area contributed by atoms with E-state index in [4.69, 9.17) is 14.3 Å². The Hall–Kier alpha value is -1.89. The minimum Gasteiger partial charge on any atom is -0.483 e. The molecule has 1 N–H and O–H groups in total. The standard InChI is InChI=1S/C11H9BrN2O4/c1-6-13-14-10(18-6)5-17-9-3-2-7(11(15)16)4-8(9)12/h2-4H,5H2,1H3,(H,15,16). The number of halogens is 1. The van der Waals surface area contributed by atoms with Crippen molar-refractivity contribution in [3.63, 3.8) is 0 Å². The van der Waals surface area contributed by atoms with Crippen LogP contribution in [0.25, 0.3) is 0 Å². The summed E-state index contributed by atoms with van der Waals surface area (Å²) in [4.78, 5) is 10.8. The number of ether oxygens (including phenoxy) is 1. The summed E-state index contributed by atoms with van der Waals surface area (Å²) in [6, 6.07) is 4.50. The van der Waals surface area contributed by atoms with Crippen molar-refractivity contribution in [2.45, 2.75) is 13.5 Å². The zero-order valence-corrected chi connectivity index (χ0v) is 11.0. The molecule has 0 spiro atoms. The van der Waals surface area contributed by atoms with E-state index in [2.05, 4.69) is 26.1 Å². The van der Waals surface area contributed by atoms with Crippen LogP contribution >= 0.6 is 15.9 Å². The Morgan fingerprint density at radius 1 is 1.50 bits per heavy atom. The second-order valence-electron chi connectivity index (χ2n) is 3.45. The van der Waals surface area contributed by atoms with E-state index >= 15 is 0 Å². The zero-order chi connectivity index (χ0) is 13.1. The van der Waals surface area contributed by atoms with E-state index in [-0.39, 0.29) is 12.2 Å². The lowest BCUT2D eigenvalue weighted by Crippen LogP contribution is -1.99. The molecule has 6 nitrogen and oxygen atoms in total. The van der Waals surface area contributed by atoms with Crippen LogP contribution in [-0.2, 0) is 6.61 Å². The van der Waals surface area contributed by atoms with E-state index in [1.807, 2.05) is 0 Å². The van der Waals surface area contributed by atoms with Gasteiger partial charge in [0.15, 0.2) is 6.61 Å². The Morgan fingerprint density at radius 2 is 2.28 bits per heavy atom. The molecule has 0 atom stereocenters. The lowest BCUT2D eigenvalue weighted by Gasteiger charge is -2.06. The molecular formula is C11H9BrN2O4. The van der Waals surface area contributed by atoms with Crippen molar-refractivity contribution in [1.29, 1.82) is 0 Å². The van der Waals surface area contributed by atoms with Gasteiger partial charge in [0.25, 0.3) is 5.89 Å². The van der Waals surface area contributed by atoms with Crippen molar-refractivity contribution in [1.82, 2.24) is 10.2 Å². The third-order valence-electron chi connectivity index (χ3n) is 2.10. The van der Waals surface area contributed by atoms with Gasteiger partial charge in [-0.3, -0.25) is 0 Å². The van der Waals surface area contributed by atoms with Gasteiger partial charge >= 0.3 is 5.97 Å². The van der Waals surface area contributed by atoms with Crippen LogP contribution in [0.1, 0.15) is 22.1 Å². The smallest absolute Gasteiger partial charge is 0.335 e. The van der Waals surface area contributed by atoms with Crippen LogP contribution in [0, 0.1) is 6.92 Å². The van der Waals surface area contributed by atoms with Crippen LogP contribution in [-0.4, -0.2) is 21.3 Å². The number of rotatable bonds is 4. The average molecular weight is 313 g/mol. The summed E-state index contributed by atoms with van der Waals surface area (Å²) in [5.41, 5.74) is 0.183. The molecule has 1 aromatic heterocycles. The number of hydrogen-bond acceptors (Lipinski definition) is 5. The summed E-state index contributed by atoms with van der Waals surface area (Å²) in [7, 11) is 0. The second-order valence-corrected chi connectivity index (χ2v) is 4.31. The fraction of sp³-hybridized carbons (Fsp3) is 0.182. The van der Waals surface area contributed by atoms with Crippen molar-refractivity contribution >= 4 is 21.9 Å². The largest absolute Gasteiger partial charge is 0.483 e. The van der Waals surface area contributed by atoms with Crippen LogP contribution in [0.3, 0.4) is 0 Å². The molecule has 7 heteroatoms. The van der Waals surface area contributed by atoms with Crippen molar-refractivity contribution in [3.8, 4) is 5.75 Å². The van der Waals surface area contributed by atoms with Gasteiger partial charge in [0.05, 0.1) is 10.0 Å². The first kappa shape index (κ1) is 12.6. The summed E-state index contributed by atoms with van der Waals surface area (Å²) < 4.78 is 11.1. The quantitative estimate of drug-likeness (QED) is 0.933. The Kier molecular flexibility index (Phi) is 3.61. The maximum atomic E-state index is 10.8. The van der Waals surface area contributed by atoms with Gasteiger partial charge in [-0.25, -0.2) is 4.79 Å². The van der Waals surface area contributed by atoms with E-state index in [1.54, 1.807) is 13.0 Å². The maximum Gasteiger partial charge on any atom is 0.335 e. The Labute approximate surface area is 111 Å². The lowest BCUT2D eigenvalue weighted by atomic mass is 10.2. The predicted octanol–water partition coefficient (Wildman–Crippen LogP) is 2.42. The minimum atomic E-state index is -0.991. The molecule has 0 aliphatic heterocycles. The van der Waals surface area contributed by atoms with Crippen molar-refractivity contribution in [3.05, 3.63) is 40.0 Å². The van der Waals surface area contributed by atoms with Crippen molar-refractivity contribution in [2.24, 2.45) is 0 Å². The van der Waals surface area contributed by atoms with Crippen LogP contribution in [0.4, 0.5) is 0 Å². The molecule has 0 bridgehead atoms. The summed E-state index contributed by atoms with van der Waals surface area (Å²) >= 11 is 3.24. The first-order valence-electron chi connectivity index (χ1n) is 5.01. The number of carbonyl (C=O) groups is 1. The highest BCUT2D eigenvalue weighted by atomic mass is 79.9. The molecule has 0 fully saturated rings. The van der Waals surface area contributed by atoms with E-state index in [0.29, 0.717) is 22.0 Å². The van der Waals surface area contributed by atoms with Gasteiger partial charge in [-0.1, -0.05) is 0 Å². The SMILES string of the molecule is Cc1nnc(COc2ccc(C(=O)O)cc2Br)o1. The van der Waals surface area contributed by atoms with Crippen molar-refractivity contribution in [2.75, 3.05) is 0 Å². The Morgan fingerprint density at radius 3 is 2.83 bits per heavy atom. The number of carboxylic acid groups (broad SMARTS) is 1. The predicted molar refractivity (Wildman–Crippen MR) is 64.5 cm³/mol. The number of carboxylic acids is 1. The zero-order valence-electron chi connectivity index (χ0n) is 9.38. The fourth-order valence-electron chi connectivity index (χ4n) is 1.29. The highest BCUT2D eigenvalue weighted by Gasteiger charge is 2.09. The normalized spacial score (nSPS) is 10.3.